The predicted molar refractivity (Wildman–Crippen MR) is 39.3 cm³/mol. The molecule has 0 N–H and O–H groups in total. The van der Waals surface area contributed by atoms with E-state index in [0.29, 0.717) is 6.42 Å². The van der Waals surface area contributed by atoms with Crippen molar-refractivity contribution in [3.8, 4) is 0 Å². The highest BCUT2D eigenvalue weighted by molar-refractivity contribution is 5.77. The average molecular weight is 126 g/mol. The second-order valence-corrected chi connectivity index (χ2v) is 2.34. The molecule has 9 heavy (non-hydrogen) atoms. The van der Waals surface area contributed by atoms with E-state index in [-0.39, 0.29) is 5.78 Å². The lowest BCUT2D eigenvalue weighted by molar-refractivity contribution is -0.116. The first-order valence-electron chi connectivity index (χ1n) is 3.32. The van der Waals surface area contributed by atoms with Crippen molar-refractivity contribution in [3.05, 3.63) is 11.6 Å². The number of allylic oxidation sites excluding steroid dienone is 2. The van der Waals surface area contributed by atoms with Gasteiger partial charge >= 0.3 is 0 Å². The normalized spacial score (nSPS) is 11.7. The van der Waals surface area contributed by atoms with E-state index in [0.717, 1.165) is 6.42 Å². The minimum absolute atomic E-state index is 0.247. The minimum atomic E-state index is 0.247. The van der Waals surface area contributed by atoms with Crippen molar-refractivity contribution < 1.29 is 4.79 Å². The fourth-order valence-electron chi connectivity index (χ4n) is 0.813. The Balaban J connectivity index is 3.62. The van der Waals surface area contributed by atoms with E-state index in [4.69, 9.17) is 0 Å². The summed E-state index contributed by atoms with van der Waals surface area (Å²) in [6, 6.07) is 0. The Hall–Kier alpha value is -0.590. The van der Waals surface area contributed by atoms with Crippen molar-refractivity contribution in [3.63, 3.8) is 0 Å². The second kappa shape index (κ2) is 4.30. The van der Waals surface area contributed by atoms with E-state index in [9.17, 15) is 4.79 Å². The highest BCUT2D eigenvalue weighted by atomic mass is 16.1. The Morgan fingerprint density at radius 1 is 1.44 bits per heavy atom. The third-order valence-electron chi connectivity index (χ3n) is 1.08. The van der Waals surface area contributed by atoms with Crippen LogP contribution in [0.25, 0.3) is 0 Å². The first-order valence-corrected chi connectivity index (χ1v) is 3.32. The molecule has 0 heterocycles. The van der Waals surface area contributed by atoms with E-state index < -0.39 is 0 Å². The zero-order valence-corrected chi connectivity index (χ0v) is 6.40. The van der Waals surface area contributed by atoms with Crippen LogP contribution in [0.1, 0.15) is 33.6 Å². The van der Waals surface area contributed by atoms with Crippen LogP contribution in [0.2, 0.25) is 0 Å². The summed E-state index contributed by atoms with van der Waals surface area (Å²) in [5.74, 6) is 0.247. The van der Waals surface area contributed by atoms with Gasteiger partial charge in [-0.05, 0) is 20.3 Å². The molecule has 0 bridgehead atoms. The molecule has 0 spiro atoms. The molecular weight excluding hydrogens is 112 g/mol. The van der Waals surface area contributed by atoms with Gasteiger partial charge in [-0.2, -0.15) is 0 Å². The summed E-state index contributed by atoms with van der Waals surface area (Å²) in [4.78, 5) is 10.5. The molecule has 0 rings (SSSR count). The number of hydrogen-bond acceptors (Lipinski definition) is 1. The van der Waals surface area contributed by atoms with E-state index >= 15 is 0 Å². The lowest BCUT2D eigenvalue weighted by Crippen LogP contribution is -1.89. The second-order valence-electron chi connectivity index (χ2n) is 2.34. The van der Waals surface area contributed by atoms with Gasteiger partial charge in [0.25, 0.3) is 0 Å². The Bertz CT molecular complexity index is 123. The van der Waals surface area contributed by atoms with Crippen LogP contribution in [0.3, 0.4) is 0 Å². The lowest BCUT2D eigenvalue weighted by Gasteiger charge is -1.93. The smallest absolute Gasteiger partial charge is 0.133 e. The molecule has 0 saturated heterocycles. The van der Waals surface area contributed by atoms with Gasteiger partial charge in [0.2, 0.25) is 0 Å². The van der Waals surface area contributed by atoms with Crippen LogP contribution in [-0.4, -0.2) is 5.78 Å². The van der Waals surface area contributed by atoms with Gasteiger partial charge in [-0.25, -0.2) is 0 Å². The van der Waals surface area contributed by atoms with Gasteiger partial charge in [0.15, 0.2) is 0 Å². The van der Waals surface area contributed by atoms with Gasteiger partial charge in [-0.15, -0.1) is 0 Å². The molecule has 1 nitrogen and oxygen atoms in total. The fraction of sp³-hybridized carbons (Fsp3) is 0.625. The monoisotopic (exact) mass is 126 g/mol. The number of carbonyl (C=O) groups is 1. The molecule has 0 aromatic carbocycles. The third-order valence-corrected chi connectivity index (χ3v) is 1.08. The number of rotatable bonds is 3. The first-order chi connectivity index (χ1) is 4.16. The quantitative estimate of drug-likeness (QED) is 0.530. The van der Waals surface area contributed by atoms with Gasteiger partial charge < -0.3 is 0 Å². The molecule has 52 valence electrons. The van der Waals surface area contributed by atoms with E-state index in [2.05, 4.69) is 13.0 Å². The minimum Gasteiger partial charge on any atom is -0.300 e. The van der Waals surface area contributed by atoms with Crippen molar-refractivity contribution in [2.45, 2.75) is 33.6 Å². The Morgan fingerprint density at radius 2 is 2.00 bits per heavy atom. The highest BCUT2D eigenvalue weighted by Crippen LogP contribution is 2.00. The summed E-state index contributed by atoms with van der Waals surface area (Å²) in [6.45, 7) is 5.68. The van der Waals surface area contributed by atoms with E-state index in [1.165, 1.54) is 5.57 Å². The van der Waals surface area contributed by atoms with Crippen LogP contribution in [-0.2, 0) is 4.79 Å². The van der Waals surface area contributed by atoms with Gasteiger partial charge in [0, 0.05) is 6.42 Å². The van der Waals surface area contributed by atoms with E-state index in [1.807, 2.05) is 6.92 Å². The summed E-state index contributed by atoms with van der Waals surface area (Å²) in [5, 5.41) is 0. The van der Waals surface area contributed by atoms with E-state index in [1.54, 1.807) is 6.92 Å². The van der Waals surface area contributed by atoms with Gasteiger partial charge in [0.1, 0.15) is 5.78 Å². The maximum absolute atomic E-state index is 10.5. The molecule has 0 aromatic rings. The highest BCUT2D eigenvalue weighted by Gasteiger charge is 1.92. The molecule has 1 heteroatoms. The molecule has 0 radical (unpaired) electrons. The van der Waals surface area contributed by atoms with Crippen molar-refractivity contribution >= 4 is 5.78 Å². The van der Waals surface area contributed by atoms with Crippen LogP contribution < -0.4 is 0 Å². The fourth-order valence-corrected chi connectivity index (χ4v) is 0.813. The number of carbonyl (C=O) groups excluding carboxylic acids is 1. The van der Waals surface area contributed by atoms with Crippen LogP contribution in [0, 0.1) is 0 Å². The molecule has 0 aliphatic heterocycles. The van der Waals surface area contributed by atoms with Crippen molar-refractivity contribution in [1.82, 2.24) is 0 Å². The number of Topliss-reactive ketones (excluding diaryl/α,β-unsaturated/α-hetero) is 1. The molecule has 0 aromatic heterocycles. The van der Waals surface area contributed by atoms with Crippen molar-refractivity contribution in [1.29, 1.82) is 0 Å². The van der Waals surface area contributed by atoms with Gasteiger partial charge in [0.05, 0.1) is 0 Å². The molecule has 0 saturated carbocycles. The molecule has 0 aliphatic carbocycles. The van der Waals surface area contributed by atoms with Crippen LogP contribution in [0.5, 0.6) is 0 Å². The summed E-state index contributed by atoms with van der Waals surface area (Å²) in [7, 11) is 0. The van der Waals surface area contributed by atoms with Crippen LogP contribution in [0.4, 0.5) is 0 Å². The summed E-state index contributed by atoms with van der Waals surface area (Å²) in [5.41, 5.74) is 1.19. The maximum Gasteiger partial charge on any atom is 0.133 e. The molecule has 0 atom stereocenters. The maximum atomic E-state index is 10.5. The standard InChI is InChI=1S/C8H14O/c1-4-5-7(2)6-8(3)9/h5H,4,6H2,1-3H3/b7-5+. The lowest BCUT2D eigenvalue weighted by atomic mass is 10.1. The first kappa shape index (κ1) is 8.41. The SMILES string of the molecule is CC/C=C(\C)CC(C)=O. The van der Waals surface area contributed by atoms with Crippen molar-refractivity contribution in [2.75, 3.05) is 0 Å². The van der Waals surface area contributed by atoms with Gasteiger partial charge in [-0.1, -0.05) is 18.6 Å². The molecule has 0 fully saturated rings. The van der Waals surface area contributed by atoms with Gasteiger partial charge in [-0.3, -0.25) is 4.79 Å². The summed E-state index contributed by atoms with van der Waals surface area (Å²) < 4.78 is 0. The Morgan fingerprint density at radius 3 is 2.33 bits per heavy atom. The average Bonchev–Trinajstić information content (AvgIpc) is 1.63. The zero-order valence-electron chi connectivity index (χ0n) is 6.40. The number of ketones is 1. The number of hydrogen-bond donors (Lipinski definition) is 0. The largest absolute Gasteiger partial charge is 0.300 e. The Kier molecular flexibility index (Phi) is 4.02. The van der Waals surface area contributed by atoms with Crippen molar-refractivity contribution in [2.24, 2.45) is 0 Å². The summed E-state index contributed by atoms with van der Waals surface area (Å²) in [6.07, 6.45) is 3.73. The Labute approximate surface area is 56.8 Å². The topological polar surface area (TPSA) is 17.1 Å². The third kappa shape index (κ3) is 5.28. The summed E-state index contributed by atoms with van der Waals surface area (Å²) >= 11 is 0. The molecule has 0 unspecified atom stereocenters. The predicted octanol–water partition coefficient (Wildman–Crippen LogP) is 2.32. The molecular formula is C8H14O. The molecule has 0 aliphatic rings. The zero-order chi connectivity index (χ0) is 7.28. The molecule has 0 amide bonds. The van der Waals surface area contributed by atoms with Crippen LogP contribution >= 0.6 is 0 Å². The van der Waals surface area contributed by atoms with Crippen LogP contribution in [0.15, 0.2) is 11.6 Å².